The minimum absolute atomic E-state index is 0.0414. The topological polar surface area (TPSA) is 68.8 Å². The second-order valence-corrected chi connectivity index (χ2v) is 5.63. The van der Waals surface area contributed by atoms with Gasteiger partial charge in [0.2, 0.25) is 0 Å². The van der Waals surface area contributed by atoms with Crippen molar-refractivity contribution in [1.82, 2.24) is 15.0 Å². The molecule has 3 N–H and O–H groups in total. The van der Waals surface area contributed by atoms with Crippen LogP contribution in [0.1, 0.15) is 46.0 Å². The summed E-state index contributed by atoms with van der Waals surface area (Å²) in [6.07, 6.45) is 7.65. The van der Waals surface area contributed by atoms with Gasteiger partial charge in [0.25, 0.3) is 0 Å². The Morgan fingerprint density at radius 3 is 2.83 bits per heavy atom. The average molecular weight is 251 g/mol. The van der Waals surface area contributed by atoms with Crippen molar-refractivity contribution >= 4 is 5.82 Å². The lowest BCUT2D eigenvalue weighted by atomic mass is 9.77. The third-order valence-corrected chi connectivity index (χ3v) is 4.07. The Balaban J connectivity index is 2.07. The third-order valence-electron chi connectivity index (χ3n) is 4.07. The molecule has 0 radical (unpaired) electrons. The van der Waals surface area contributed by atoms with E-state index in [0.717, 1.165) is 37.5 Å². The first-order chi connectivity index (χ1) is 8.69. The highest BCUT2D eigenvalue weighted by Crippen LogP contribution is 2.33. The highest BCUT2D eigenvalue weighted by molar-refractivity contribution is 5.36. The summed E-state index contributed by atoms with van der Waals surface area (Å²) in [7, 11) is 0. The number of aryl methyl sites for hydroxylation is 1. The minimum Gasteiger partial charge on any atom is -0.362 e. The molecule has 5 heteroatoms. The molecule has 1 heterocycles. The molecule has 1 aromatic rings. The third kappa shape index (κ3) is 2.83. The van der Waals surface area contributed by atoms with Gasteiger partial charge in [-0.25, -0.2) is 4.68 Å². The molecule has 0 bridgehead atoms. The molecule has 0 aromatic carbocycles. The lowest BCUT2D eigenvalue weighted by molar-refractivity contribution is 0.270. The Morgan fingerprint density at radius 2 is 2.22 bits per heavy atom. The second-order valence-electron chi connectivity index (χ2n) is 5.63. The van der Waals surface area contributed by atoms with Crippen molar-refractivity contribution in [2.75, 3.05) is 11.9 Å². The normalized spacial score (nSPS) is 28.3. The van der Waals surface area contributed by atoms with Crippen molar-refractivity contribution in [3.8, 4) is 0 Å². The Morgan fingerprint density at radius 1 is 1.50 bits per heavy atom. The summed E-state index contributed by atoms with van der Waals surface area (Å²) in [5.41, 5.74) is 6.05. The number of nitrogens with one attached hydrogen (secondary N) is 1. The monoisotopic (exact) mass is 251 g/mol. The molecule has 0 unspecified atom stereocenters. The van der Waals surface area contributed by atoms with Crippen molar-refractivity contribution in [3.63, 3.8) is 0 Å². The number of hydrogen-bond acceptors (Lipinski definition) is 4. The molecule has 0 atom stereocenters. The van der Waals surface area contributed by atoms with E-state index < -0.39 is 0 Å². The average Bonchev–Trinajstić information content (AvgIpc) is 2.80. The van der Waals surface area contributed by atoms with Crippen LogP contribution < -0.4 is 11.1 Å². The van der Waals surface area contributed by atoms with Gasteiger partial charge in [-0.05, 0) is 38.0 Å². The maximum absolute atomic E-state index is 6.01. The summed E-state index contributed by atoms with van der Waals surface area (Å²) < 4.78 is 1.94. The molecular formula is C13H25N5. The van der Waals surface area contributed by atoms with Crippen LogP contribution in [0.4, 0.5) is 5.82 Å². The summed E-state index contributed by atoms with van der Waals surface area (Å²) in [4.78, 5) is 0. The first-order valence-corrected chi connectivity index (χ1v) is 7.06. The van der Waals surface area contributed by atoms with E-state index in [1.165, 1.54) is 12.8 Å². The first-order valence-electron chi connectivity index (χ1n) is 7.06. The molecule has 1 aliphatic carbocycles. The number of hydrogen-bond donors (Lipinski definition) is 2. The maximum Gasteiger partial charge on any atom is 0.145 e. The van der Waals surface area contributed by atoms with Crippen LogP contribution >= 0.6 is 0 Å². The number of anilines is 1. The molecule has 1 aliphatic rings. The van der Waals surface area contributed by atoms with E-state index in [1.807, 2.05) is 10.9 Å². The smallest absolute Gasteiger partial charge is 0.145 e. The molecule has 102 valence electrons. The van der Waals surface area contributed by atoms with Crippen LogP contribution in [0.2, 0.25) is 0 Å². The summed E-state index contributed by atoms with van der Waals surface area (Å²) in [6.45, 7) is 6.05. The van der Waals surface area contributed by atoms with Crippen molar-refractivity contribution in [2.24, 2.45) is 11.7 Å². The molecule has 0 saturated heterocycles. The Labute approximate surface area is 109 Å². The zero-order valence-corrected chi connectivity index (χ0v) is 11.5. The van der Waals surface area contributed by atoms with Gasteiger partial charge >= 0.3 is 0 Å². The van der Waals surface area contributed by atoms with E-state index in [9.17, 15) is 0 Å². The lowest BCUT2D eigenvalue weighted by Gasteiger charge is -2.39. The van der Waals surface area contributed by atoms with E-state index >= 15 is 0 Å². The fourth-order valence-corrected chi connectivity index (χ4v) is 2.70. The van der Waals surface area contributed by atoms with Gasteiger partial charge < -0.3 is 11.1 Å². The highest BCUT2D eigenvalue weighted by atomic mass is 15.5. The maximum atomic E-state index is 6.01. The van der Waals surface area contributed by atoms with Gasteiger partial charge in [-0.2, -0.15) is 0 Å². The molecular weight excluding hydrogens is 226 g/mol. The van der Waals surface area contributed by atoms with Gasteiger partial charge in [0.05, 0.1) is 11.7 Å². The quantitative estimate of drug-likeness (QED) is 0.840. The van der Waals surface area contributed by atoms with Gasteiger partial charge in [-0.1, -0.05) is 19.1 Å². The highest BCUT2D eigenvalue weighted by Gasteiger charge is 2.33. The minimum atomic E-state index is 0.0414. The van der Waals surface area contributed by atoms with Gasteiger partial charge in [0.1, 0.15) is 5.82 Å². The van der Waals surface area contributed by atoms with E-state index in [2.05, 4.69) is 29.5 Å². The summed E-state index contributed by atoms with van der Waals surface area (Å²) in [6, 6.07) is 0. The van der Waals surface area contributed by atoms with Crippen LogP contribution in [0.5, 0.6) is 0 Å². The van der Waals surface area contributed by atoms with Crippen LogP contribution in [-0.4, -0.2) is 27.1 Å². The predicted octanol–water partition coefficient (Wildman–Crippen LogP) is 2.01. The second kappa shape index (κ2) is 5.69. The number of nitrogens with two attached hydrogens (primary N) is 1. The predicted molar refractivity (Wildman–Crippen MR) is 73.4 cm³/mol. The largest absolute Gasteiger partial charge is 0.362 e. The van der Waals surface area contributed by atoms with Crippen LogP contribution in [0.15, 0.2) is 6.20 Å². The van der Waals surface area contributed by atoms with Crippen molar-refractivity contribution in [1.29, 1.82) is 0 Å². The molecule has 0 amide bonds. The Hall–Kier alpha value is -1.10. The number of rotatable bonds is 5. The molecule has 1 aromatic heterocycles. The zero-order chi connectivity index (χ0) is 13.0. The van der Waals surface area contributed by atoms with Crippen LogP contribution in [0, 0.1) is 5.92 Å². The molecule has 2 rings (SSSR count). The number of nitrogens with zero attached hydrogens (tertiary/aromatic N) is 3. The molecule has 0 aliphatic heterocycles. The van der Waals surface area contributed by atoms with E-state index in [0.29, 0.717) is 6.54 Å². The van der Waals surface area contributed by atoms with Crippen molar-refractivity contribution < 1.29 is 0 Å². The van der Waals surface area contributed by atoms with Gasteiger partial charge in [-0.15, -0.1) is 5.10 Å². The first kappa shape index (κ1) is 13.3. The summed E-state index contributed by atoms with van der Waals surface area (Å²) >= 11 is 0. The van der Waals surface area contributed by atoms with E-state index in [1.54, 1.807) is 0 Å². The lowest BCUT2D eigenvalue weighted by Crippen LogP contribution is -2.48. The summed E-state index contributed by atoms with van der Waals surface area (Å²) in [5, 5.41) is 11.7. The Kier molecular flexibility index (Phi) is 4.22. The Bertz CT molecular complexity index is 365. The van der Waals surface area contributed by atoms with Crippen molar-refractivity contribution in [2.45, 2.75) is 58.0 Å². The molecule has 1 fully saturated rings. The van der Waals surface area contributed by atoms with Gasteiger partial charge in [0.15, 0.2) is 0 Å². The summed E-state index contributed by atoms with van der Waals surface area (Å²) in [5.74, 6) is 1.84. The molecule has 1 saturated carbocycles. The van der Waals surface area contributed by atoms with E-state index in [-0.39, 0.29) is 5.54 Å². The molecule has 18 heavy (non-hydrogen) atoms. The van der Waals surface area contributed by atoms with Crippen LogP contribution in [-0.2, 0) is 6.54 Å². The van der Waals surface area contributed by atoms with Crippen molar-refractivity contribution in [3.05, 3.63) is 6.20 Å². The van der Waals surface area contributed by atoms with Gasteiger partial charge in [-0.3, -0.25) is 0 Å². The number of aromatic nitrogens is 3. The fourth-order valence-electron chi connectivity index (χ4n) is 2.70. The molecule has 5 nitrogen and oxygen atoms in total. The molecule has 0 spiro atoms. The standard InChI is InChI=1S/C13H25N5/c1-3-8-18-12(9-15-17-18)16-13(10-14)6-4-11(2)5-7-13/h9,11,16H,3-8,10,14H2,1-2H3. The van der Waals surface area contributed by atoms with Crippen LogP contribution in [0.25, 0.3) is 0 Å². The van der Waals surface area contributed by atoms with Crippen LogP contribution in [0.3, 0.4) is 0 Å². The van der Waals surface area contributed by atoms with Gasteiger partial charge in [0, 0.05) is 13.1 Å². The SMILES string of the molecule is CCCn1nncc1NC1(CN)CCC(C)CC1. The zero-order valence-electron chi connectivity index (χ0n) is 11.5. The van der Waals surface area contributed by atoms with E-state index in [4.69, 9.17) is 5.73 Å². The fraction of sp³-hybridized carbons (Fsp3) is 0.846.